The van der Waals surface area contributed by atoms with Crippen molar-refractivity contribution in [3.8, 4) is 18.2 Å². The zero-order valence-electron chi connectivity index (χ0n) is 70.3. The molecule has 6 fully saturated rings. The van der Waals surface area contributed by atoms with E-state index in [1.54, 1.807) is 24.4 Å². The molecular weight excluding hydrogens is 1560 g/mol. The van der Waals surface area contributed by atoms with Crippen LogP contribution in [-0.2, 0) is 20.0 Å². The molecule has 8 heterocycles. The maximum atomic E-state index is 13.8. The highest BCUT2D eigenvalue weighted by atomic mass is 32.2. The van der Waals surface area contributed by atoms with Crippen molar-refractivity contribution in [2.24, 2.45) is 10.3 Å². The van der Waals surface area contributed by atoms with Crippen molar-refractivity contribution in [3.63, 3.8) is 0 Å². The van der Waals surface area contributed by atoms with E-state index < -0.39 is 20.0 Å². The van der Waals surface area contributed by atoms with Gasteiger partial charge in [-0.05, 0) is 218 Å². The average Bonchev–Trinajstić information content (AvgIpc) is 0.782. The van der Waals surface area contributed by atoms with Gasteiger partial charge in [0.2, 0.25) is 10.0 Å². The summed E-state index contributed by atoms with van der Waals surface area (Å²) in [5, 5.41) is 50.2. The van der Waals surface area contributed by atoms with Crippen molar-refractivity contribution in [2.75, 3.05) is 157 Å². The van der Waals surface area contributed by atoms with Crippen molar-refractivity contribution in [3.05, 3.63) is 243 Å². The molecule has 0 bridgehead atoms. The fourth-order valence-corrected chi connectivity index (χ4v) is 19.1. The van der Waals surface area contributed by atoms with Crippen LogP contribution in [0.5, 0.6) is 0 Å². The fraction of sp³-hybridized carbons (Fsp3) is 0.376. The van der Waals surface area contributed by atoms with Crippen molar-refractivity contribution >= 4 is 89.1 Å². The molecule has 6 saturated heterocycles. The predicted octanol–water partition coefficient (Wildman–Crippen LogP) is 12.5. The number of nitriles is 3. The number of nitrogens with zero attached hydrogens (tertiary/aromatic N) is 14. The number of anilines is 9. The summed E-state index contributed by atoms with van der Waals surface area (Å²) in [5.74, 6) is 0.355. The quantitative estimate of drug-likeness (QED) is 0.0565. The number of benzene rings is 7. The molecule has 0 saturated carbocycles. The lowest BCUT2D eigenvalue weighted by Gasteiger charge is -2.48. The first kappa shape index (κ1) is 86.6. The highest BCUT2D eigenvalue weighted by Gasteiger charge is 2.38. The number of rotatable bonds is 17. The van der Waals surface area contributed by atoms with Gasteiger partial charge in [0.05, 0.1) is 45.0 Å². The van der Waals surface area contributed by atoms with E-state index in [0.29, 0.717) is 105 Å². The minimum Gasteiger partial charge on any atom is -0.382 e. The van der Waals surface area contributed by atoms with E-state index in [2.05, 4.69) is 135 Å². The Balaban J connectivity index is 0.000000157. The van der Waals surface area contributed by atoms with Crippen molar-refractivity contribution in [1.29, 1.82) is 15.8 Å². The number of carbonyl (C=O) groups excluding carboxylic acids is 3. The van der Waals surface area contributed by atoms with Crippen LogP contribution in [0.25, 0.3) is 0 Å². The number of piperazine rings is 3. The zero-order valence-corrected chi connectivity index (χ0v) is 72.0. The standard InChI is InChI=1S/C33H39N5O.2C30H35N7O3S/c1-24-20-25(2)30(35-27-14-16-36(17-15-27)31-13-9-8-10-26(31)22-34)21-29(24)32(39)37-18-19-38(33(3,4)23-37)28-11-6-5-7-12-28;1-21-9-10-25(30(38)37-18-16-36(17-19-37)29-27(41(32,39)40)8-5-13-33-29)22(2)28(21)34-24-11-14-35(15-12-24)26-7-4-3-6-23(26)20-31;1-21-9-10-25(30(38)37-18-16-36(17-19-37)27-8-5-13-33-29(27)41(32,39)40)22(2)28(21)34-24-11-14-35(15-12-24)26-7-4-3-6-23(26)20-31/h5-13,20-21,27,35H,14-19,23H2,1-4H3;2*3-10,13,24,34H,11-12,14-19H2,1-2H3,(H2,32,39,40). The SMILES string of the molecule is Cc1cc(C)c(C(=O)N2CCN(c3ccccc3)C(C)(C)C2)cc1NC1CCN(c2ccccc2C#N)CC1.Cc1ccc(C(=O)N2CCN(c3cccnc3S(N)(=O)=O)CC2)c(C)c1NC1CCN(c2ccccc2C#N)CC1.Cc1ccc(C(=O)N2CCN(c3ncccc3S(N)(=O)=O)CC2)c(C)c1NC1CCN(c2ccccc2C#N)CC1. The summed E-state index contributed by atoms with van der Waals surface area (Å²) in [6.07, 6.45) is 8.60. The van der Waals surface area contributed by atoms with Crippen LogP contribution in [0, 0.1) is 75.5 Å². The molecule has 3 amide bonds. The third kappa shape index (κ3) is 20.1. The molecule has 7 aromatic carbocycles. The minimum absolute atomic E-state index is 0.00928. The number of nitrogens with two attached hydrogens (primary N) is 2. The Morgan fingerprint density at radius 1 is 0.405 bits per heavy atom. The maximum absolute atomic E-state index is 13.8. The number of aryl methyl sites for hydroxylation is 4. The molecule has 7 N–H and O–H groups in total. The first-order valence-corrected chi connectivity index (χ1v) is 44.7. The Bertz CT molecular complexity index is 5400. The van der Waals surface area contributed by atoms with Gasteiger partial charge in [-0.25, -0.2) is 37.1 Å². The molecule has 28 heteroatoms. The van der Waals surface area contributed by atoms with E-state index in [9.17, 15) is 47.0 Å². The van der Waals surface area contributed by atoms with Gasteiger partial charge in [-0.15, -0.1) is 0 Å². The van der Waals surface area contributed by atoms with E-state index in [1.807, 2.05) is 148 Å². The van der Waals surface area contributed by atoms with Gasteiger partial charge < -0.3 is 60.0 Å². The molecule has 0 radical (unpaired) electrons. The Morgan fingerprint density at radius 2 is 0.802 bits per heavy atom. The fourth-order valence-electron chi connectivity index (χ4n) is 17.7. The second-order valence-electron chi connectivity index (χ2n) is 32.8. The van der Waals surface area contributed by atoms with Crippen LogP contribution in [0.3, 0.4) is 0 Å². The van der Waals surface area contributed by atoms with Crippen LogP contribution in [0.4, 0.5) is 51.3 Å². The molecule has 2 aromatic heterocycles. The number of primary sulfonamides is 2. The van der Waals surface area contributed by atoms with E-state index in [-0.39, 0.29) is 45.3 Å². The zero-order chi connectivity index (χ0) is 85.9. The first-order chi connectivity index (χ1) is 58.1. The lowest BCUT2D eigenvalue weighted by Crippen LogP contribution is -2.60. The number of hydrogen-bond donors (Lipinski definition) is 5. The molecule has 630 valence electrons. The van der Waals surface area contributed by atoms with Gasteiger partial charge in [-0.2, -0.15) is 15.8 Å². The molecule has 6 aliphatic rings. The number of carbonyl (C=O) groups is 3. The van der Waals surface area contributed by atoms with Crippen molar-refractivity contribution < 1.29 is 31.2 Å². The van der Waals surface area contributed by atoms with E-state index in [1.165, 1.54) is 18.0 Å². The summed E-state index contributed by atoms with van der Waals surface area (Å²) in [4.78, 5) is 68.0. The van der Waals surface area contributed by atoms with Gasteiger partial charge in [-0.1, -0.05) is 72.8 Å². The maximum Gasteiger partial charge on any atom is 0.257 e. The largest absolute Gasteiger partial charge is 0.382 e. The molecule has 6 aliphatic heterocycles. The molecule has 26 nitrogen and oxygen atoms in total. The number of sulfonamides is 2. The Morgan fingerprint density at radius 3 is 1.25 bits per heavy atom. The topological polar surface area (TPSA) is 334 Å². The Hall–Kier alpha value is -12.3. The van der Waals surface area contributed by atoms with Crippen molar-refractivity contribution in [2.45, 2.75) is 128 Å². The van der Waals surface area contributed by atoms with E-state index in [0.717, 1.165) is 163 Å². The van der Waals surface area contributed by atoms with Gasteiger partial charge in [-0.3, -0.25) is 14.4 Å². The van der Waals surface area contributed by atoms with Crippen LogP contribution >= 0.6 is 0 Å². The molecule has 0 unspecified atom stereocenters. The smallest absolute Gasteiger partial charge is 0.257 e. The number of para-hydroxylation sites is 4. The van der Waals surface area contributed by atoms with Gasteiger partial charge in [0.1, 0.15) is 28.9 Å². The summed E-state index contributed by atoms with van der Waals surface area (Å²) >= 11 is 0. The number of hydrogen-bond acceptors (Lipinski definition) is 21. The monoisotopic (exact) mass is 1670 g/mol. The lowest BCUT2D eigenvalue weighted by atomic mass is 9.95. The number of piperidine rings is 3. The molecule has 0 aliphatic carbocycles. The summed E-state index contributed by atoms with van der Waals surface area (Å²) in [6, 6.07) is 59.9. The average molecular weight is 1670 g/mol. The minimum atomic E-state index is -3.96. The second kappa shape index (κ2) is 38.0. The summed E-state index contributed by atoms with van der Waals surface area (Å²) in [6.45, 7) is 27.7. The summed E-state index contributed by atoms with van der Waals surface area (Å²) in [7, 11) is -7.87. The predicted molar refractivity (Wildman–Crippen MR) is 479 cm³/mol. The molecule has 9 aromatic rings. The lowest BCUT2D eigenvalue weighted by molar-refractivity contribution is 0.0684. The summed E-state index contributed by atoms with van der Waals surface area (Å²) in [5.41, 5.74) is 18.0. The van der Waals surface area contributed by atoms with Crippen LogP contribution in [0.1, 0.15) is 134 Å². The third-order valence-electron chi connectivity index (χ3n) is 24.4. The van der Waals surface area contributed by atoms with Gasteiger partial charge >= 0.3 is 0 Å². The van der Waals surface area contributed by atoms with E-state index >= 15 is 0 Å². The molecule has 15 rings (SSSR count). The van der Waals surface area contributed by atoms with Crippen LogP contribution in [-0.4, -0.2) is 194 Å². The van der Waals surface area contributed by atoms with Crippen LogP contribution in [0.2, 0.25) is 0 Å². The first-order valence-electron chi connectivity index (χ1n) is 41.6. The Labute approximate surface area is 712 Å². The van der Waals surface area contributed by atoms with Crippen LogP contribution < -0.4 is 55.6 Å². The number of amides is 3. The molecule has 0 spiro atoms. The van der Waals surface area contributed by atoms with Gasteiger partial charge in [0.15, 0.2) is 5.03 Å². The van der Waals surface area contributed by atoms with Crippen LogP contribution in [0.15, 0.2) is 186 Å². The number of pyridine rings is 2. The second-order valence-corrected chi connectivity index (χ2v) is 35.8. The number of nitrogens with one attached hydrogen (secondary N) is 3. The molecular formula is C93H109N19O7S2. The Kier molecular flexibility index (Phi) is 27.2. The van der Waals surface area contributed by atoms with Gasteiger partial charge in [0.25, 0.3) is 27.7 Å². The third-order valence-corrected chi connectivity index (χ3v) is 26.1. The highest BCUT2D eigenvalue weighted by Crippen LogP contribution is 2.37. The molecule has 121 heavy (non-hydrogen) atoms. The highest BCUT2D eigenvalue weighted by molar-refractivity contribution is 7.89. The summed E-state index contributed by atoms with van der Waals surface area (Å²) < 4.78 is 48.1. The number of aromatic nitrogens is 2. The molecule has 0 atom stereocenters. The van der Waals surface area contributed by atoms with E-state index in [4.69, 9.17) is 10.3 Å². The van der Waals surface area contributed by atoms with Gasteiger partial charge in [0, 0.05) is 181 Å². The van der Waals surface area contributed by atoms with Crippen molar-refractivity contribution in [1.82, 2.24) is 24.7 Å². The normalized spacial score (nSPS) is 16.8.